The Morgan fingerprint density at radius 2 is 1.57 bits per heavy atom. The minimum absolute atomic E-state index is 0.174. The molecule has 0 aromatic carbocycles. The average Bonchev–Trinajstić information content (AvgIpc) is 2.21. The third kappa shape index (κ3) is 2.40. The van der Waals surface area contributed by atoms with E-state index in [1.165, 1.54) is 0 Å². The summed E-state index contributed by atoms with van der Waals surface area (Å²) < 4.78 is 11.6. The van der Waals surface area contributed by atoms with E-state index in [4.69, 9.17) is 9.31 Å². The van der Waals surface area contributed by atoms with Crippen LogP contribution in [0.25, 0.3) is 0 Å². The van der Waals surface area contributed by atoms with Crippen molar-refractivity contribution in [1.29, 1.82) is 0 Å². The molecule has 1 aliphatic rings. The van der Waals surface area contributed by atoms with E-state index in [0.29, 0.717) is 0 Å². The molecule has 1 aliphatic heterocycles. The summed E-state index contributed by atoms with van der Waals surface area (Å²) >= 11 is 0. The van der Waals surface area contributed by atoms with Crippen molar-refractivity contribution in [2.75, 3.05) is 0 Å². The normalized spacial score (nSPS) is 24.8. The molecule has 0 aliphatic carbocycles. The molecule has 3 heteroatoms. The molecule has 0 aromatic heterocycles. The van der Waals surface area contributed by atoms with E-state index in [1.807, 2.05) is 5.98 Å². The van der Waals surface area contributed by atoms with Crippen LogP contribution in [-0.2, 0) is 9.31 Å². The number of unbranched alkanes of at least 4 members (excludes halogenated alkanes) is 1. The van der Waals surface area contributed by atoms with E-state index in [-0.39, 0.29) is 18.3 Å². The third-order valence-corrected chi connectivity index (χ3v) is 3.02. The SMILES string of the molecule is CCC/C=C\B1OC(C)(C)C(C)(C)O1. The van der Waals surface area contributed by atoms with Crippen LogP contribution in [0.4, 0.5) is 0 Å². The van der Waals surface area contributed by atoms with Gasteiger partial charge in [0.05, 0.1) is 11.2 Å². The molecule has 0 atom stereocenters. The largest absolute Gasteiger partial charge is 0.486 e. The van der Waals surface area contributed by atoms with Gasteiger partial charge in [-0.2, -0.15) is 0 Å². The van der Waals surface area contributed by atoms with Gasteiger partial charge in [0, 0.05) is 0 Å². The Labute approximate surface area is 87.8 Å². The van der Waals surface area contributed by atoms with Crippen molar-refractivity contribution in [3.8, 4) is 0 Å². The smallest absolute Gasteiger partial charge is 0.400 e. The molecule has 1 saturated heterocycles. The molecule has 0 amide bonds. The van der Waals surface area contributed by atoms with E-state index in [9.17, 15) is 0 Å². The molecule has 2 nitrogen and oxygen atoms in total. The van der Waals surface area contributed by atoms with Gasteiger partial charge in [-0.1, -0.05) is 25.4 Å². The van der Waals surface area contributed by atoms with Crippen LogP contribution in [0.15, 0.2) is 12.1 Å². The quantitative estimate of drug-likeness (QED) is 0.646. The maximum Gasteiger partial charge on any atom is 0.486 e. The topological polar surface area (TPSA) is 18.5 Å². The zero-order valence-corrected chi connectivity index (χ0v) is 9.96. The van der Waals surface area contributed by atoms with E-state index in [1.54, 1.807) is 0 Å². The summed E-state index contributed by atoms with van der Waals surface area (Å²) in [5.74, 6) is 2.01. The van der Waals surface area contributed by atoms with Gasteiger partial charge < -0.3 is 9.31 Å². The zero-order valence-electron chi connectivity index (χ0n) is 9.96. The summed E-state index contributed by atoms with van der Waals surface area (Å²) in [6.07, 6.45) is 4.38. The Bertz CT molecular complexity index is 205. The molecule has 0 radical (unpaired) electrons. The molecule has 0 spiro atoms. The van der Waals surface area contributed by atoms with Crippen molar-refractivity contribution in [2.45, 2.75) is 58.7 Å². The maximum absolute atomic E-state index is 5.80. The van der Waals surface area contributed by atoms with Crippen molar-refractivity contribution < 1.29 is 9.31 Å². The van der Waals surface area contributed by atoms with Gasteiger partial charge in [0.25, 0.3) is 0 Å². The molecule has 1 fully saturated rings. The first-order valence-electron chi connectivity index (χ1n) is 5.41. The fraction of sp³-hybridized carbons (Fsp3) is 0.818. The van der Waals surface area contributed by atoms with Crippen molar-refractivity contribution in [1.82, 2.24) is 0 Å². The Kier molecular flexibility index (Phi) is 3.43. The highest BCUT2D eigenvalue weighted by atomic mass is 16.7. The van der Waals surface area contributed by atoms with Crippen LogP contribution < -0.4 is 0 Å². The third-order valence-electron chi connectivity index (χ3n) is 3.02. The monoisotopic (exact) mass is 196 g/mol. The fourth-order valence-electron chi connectivity index (χ4n) is 1.34. The standard InChI is InChI=1S/C11H21BO2/c1-6-7-8-9-12-13-10(2,3)11(4,5)14-12/h8-9H,6-7H2,1-5H3/b9-8-. The second-order valence-electron chi connectivity index (χ2n) is 4.84. The van der Waals surface area contributed by atoms with Crippen molar-refractivity contribution in [3.05, 3.63) is 12.1 Å². The summed E-state index contributed by atoms with van der Waals surface area (Å²) in [6.45, 7) is 10.4. The highest BCUT2D eigenvalue weighted by Gasteiger charge is 2.49. The number of rotatable bonds is 3. The summed E-state index contributed by atoms with van der Waals surface area (Å²) in [5.41, 5.74) is -0.428. The highest BCUT2D eigenvalue weighted by Crippen LogP contribution is 2.36. The van der Waals surface area contributed by atoms with Crippen LogP contribution in [0.2, 0.25) is 0 Å². The number of hydrogen-bond acceptors (Lipinski definition) is 2. The van der Waals surface area contributed by atoms with Crippen LogP contribution >= 0.6 is 0 Å². The van der Waals surface area contributed by atoms with Gasteiger partial charge in [-0.05, 0) is 34.1 Å². The Hall–Kier alpha value is -0.275. The van der Waals surface area contributed by atoms with E-state index < -0.39 is 0 Å². The van der Waals surface area contributed by atoms with Gasteiger partial charge in [-0.3, -0.25) is 0 Å². The lowest BCUT2D eigenvalue weighted by Gasteiger charge is -2.32. The molecule has 1 heterocycles. The van der Waals surface area contributed by atoms with Gasteiger partial charge in [-0.25, -0.2) is 0 Å². The van der Waals surface area contributed by atoms with E-state index >= 15 is 0 Å². The van der Waals surface area contributed by atoms with Gasteiger partial charge in [0.1, 0.15) is 0 Å². The van der Waals surface area contributed by atoms with Crippen LogP contribution in [0.3, 0.4) is 0 Å². The second kappa shape index (κ2) is 4.07. The van der Waals surface area contributed by atoms with E-state index in [0.717, 1.165) is 12.8 Å². The zero-order chi connectivity index (χ0) is 10.8. The average molecular weight is 196 g/mol. The van der Waals surface area contributed by atoms with Crippen LogP contribution in [0.1, 0.15) is 47.5 Å². The van der Waals surface area contributed by atoms with Crippen molar-refractivity contribution >= 4 is 7.12 Å². The van der Waals surface area contributed by atoms with E-state index in [2.05, 4.69) is 40.7 Å². The van der Waals surface area contributed by atoms with Crippen molar-refractivity contribution in [2.24, 2.45) is 0 Å². The number of allylic oxidation sites excluding steroid dienone is 1. The molecule has 0 bridgehead atoms. The van der Waals surface area contributed by atoms with Gasteiger partial charge >= 0.3 is 7.12 Å². The molecule has 0 N–H and O–H groups in total. The lowest BCUT2D eigenvalue weighted by molar-refractivity contribution is 0.00578. The minimum Gasteiger partial charge on any atom is -0.400 e. The Morgan fingerprint density at radius 1 is 1.07 bits per heavy atom. The van der Waals surface area contributed by atoms with Crippen LogP contribution in [0, 0.1) is 0 Å². The molecule has 0 saturated carbocycles. The maximum atomic E-state index is 5.80. The first-order valence-corrected chi connectivity index (χ1v) is 5.41. The fourth-order valence-corrected chi connectivity index (χ4v) is 1.34. The molecule has 1 rings (SSSR count). The highest BCUT2D eigenvalue weighted by molar-refractivity contribution is 6.51. The molecular weight excluding hydrogens is 175 g/mol. The molecule has 14 heavy (non-hydrogen) atoms. The summed E-state index contributed by atoms with van der Waals surface area (Å²) in [7, 11) is -0.174. The molecular formula is C11H21BO2. The Morgan fingerprint density at radius 3 is 2.00 bits per heavy atom. The van der Waals surface area contributed by atoms with Gasteiger partial charge in [-0.15, -0.1) is 0 Å². The van der Waals surface area contributed by atoms with Gasteiger partial charge in [0.15, 0.2) is 0 Å². The first kappa shape index (κ1) is 11.8. The molecule has 0 aromatic rings. The van der Waals surface area contributed by atoms with Crippen LogP contribution in [0.5, 0.6) is 0 Å². The predicted molar refractivity (Wildman–Crippen MR) is 60.1 cm³/mol. The summed E-state index contributed by atoms with van der Waals surface area (Å²) in [6, 6.07) is 0. The molecule has 80 valence electrons. The summed E-state index contributed by atoms with van der Waals surface area (Å²) in [4.78, 5) is 0. The second-order valence-corrected chi connectivity index (χ2v) is 4.84. The van der Waals surface area contributed by atoms with Gasteiger partial charge in [0.2, 0.25) is 0 Å². The first-order chi connectivity index (χ1) is 6.39. The minimum atomic E-state index is -0.214. The lowest BCUT2D eigenvalue weighted by atomic mass is 9.89. The van der Waals surface area contributed by atoms with Crippen molar-refractivity contribution in [3.63, 3.8) is 0 Å². The number of hydrogen-bond donors (Lipinski definition) is 0. The molecule has 0 unspecified atom stereocenters. The Balaban J connectivity index is 2.55. The lowest BCUT2D eigenvalue weighted by Crippen LogP contribution is -2.41. The predicted octanol–water partition coefficient (Wildman–Crippen LogP) is 2.97. The van der Waals surface area contributed by atoms with Crippen LogP contribution in [-0.4, -0.2) is 18.3 Å². The summed E-state index contributed by atoms with van der Waals surface area (Å²) in [5, 5.41) is 0.